The predicted molar refractivity (Wildman–Crippen MR) is 80.4 cm³/mol. The number of benzene rings is 1. The molecular weight excluding hydrogens is 291 g/mol. The van der Waals surface area contributed by atoms with Crippen molar-refractivity contribution in [2.75, 3.05) is 18.0 Å². The number of rotatable bonds is 2. The van der Waals surface area contributed by atoms with E-state index >= 15 is 0 Å². The van der Waals surface area contributed by atoms with Crippen molar-refractivity contribution in [1.82, 2.24) is 5.32 Å². The average molecular weight is 308 g/mol. The molecule has 1 aliphatic heterocycles. The standard InChI is InChI=1S/C13H17Cl3N2/c1-3-9-6-17-8(2)7-18(9)13-5-11(15)10(14)4-12(13)16/h4-5,8-9,17H,3,6-7H2,1-2H3. The van der Waals surface area contributed by atoms with E-state index in [0.29, 0.717) is 27.2 Å². The third-order valence-corrected chi connectivity index (χ3v) is 4.41. The first-order chi connectivity index (χ1) is 8.52. The molecule has 100 valence electrons. The Balaban J connectivity index is 2.36. The Bertz CT molecular complexity index is 436. The molecule has 0 bridgehead atoms. The van der Waals surface area contributed by atoms with Gasteiger partial charge in [-0.2, -0.15) is 0 Å². The molecule has 2 atom stereocenters. The number of anilines is 1. The van der Waals surface area contributed by atoms with E-state index in [2.05, 4.69) is 24.1 Å². The van der Waals surface area contributed by atoms with Crippen molar-refractivity contribution >= 4 is 40.5 Å². The van der Waals surface area contributed by atoms with Crippen LogP contribution in [-0.4, -0.2) is 25.2 Å². The Morgan fingerprint density at radius 2 is 1.89 bits per heavy atom. The highest BCUT2D eigenvalue weighted by molar-refractivity contribution is 6.44. The highest BCUT2D eigenvalue weighted by Gasteiger charge is 2.26. The molecule has 0 amide bonds. The summed E-state index contributed by atoms with van der Waals surface area (Å²) in [4.78, 5) is 2.33. The van der Waals surface area contributed by atoms with Crippen molar-refractivity contribution < 1.29 is 0 Å². The van der Waals surface area contributed by atoms with Crippen molar-refractivity contribution in [3.05, 3.63) is 27.2 Å². The van der Waals surface area contributed by atoms with Gasteiger partial charge in [0.05, 0.1) is 20.8 Å². The fourth-order valence-corrected chi connectivity index (χ4v) is 3.00. The molecule has 2 rings (SSSR count). The van der Waals surface area contributed by atoms with E-state index in [9.17, 15) is 0 Å². The summed E-state index contributed by atoms with van der Waals surface area (Å²) in [7, 11) is 0. The maximum Gasteiger partial charge on any atom is 0.0655 e. The van der Waals surface area contributed by atoms with Crippen LogP contribution in [0.4, 0.5) is 5.69 Å². The molecule has 0 radical (unpaired) electrons. The van der Waals surface area contributed by atoms with Crippen LogP contribution in [0.15, 0.2) is 12.1 Å². The van der Waals surface area contributed by atoms with Crippen molar-refractivity contribution in [3.63, 3.8) is 0 Å². The third-order valence-electron chi connectivity index (χ3n) is 3.38. The summed E-state index contributed by atoms with van der Waals surface area (Å²) in [5.41, 5.74) is 0.978. The average Bonchev–Trinajstić information content (AvgIpc) is 2.34. The molecule has 1 saturated heterocycles. The molecule has 0 aliphatic carbocycles. The van der Waals surface area contributed by atoms with Crippen LogP contribution in [-0.2, 0) is 0 Å². The lowest BCUT2D eigenvalue weighted by Gasteiger charge is -2.41. The molecule has 1 fully saturated rings. The van der Waals surface area contributed by atoms with E-state index in [1.54, 1.807) is 6.07 Å². The lowest BCUT2D eigenvalue weighted by atomic mass is 10.1. The van der Waals surface area contributed by atoms with Gasteiger partial charge in [-0.15, -0.1) is 0 Å². The molecule has 2 unspecified atom stereocenters. The molecular formula is C13H17Cl3N2. The number of halogens is 3. The van der Waals surface area contributed by atoms with Crippen LogP contribution in [0.5, 0.6) is 0 Å². The van der Waals surface area contributed by atoms with Crippen LogP contribution in [0, 0.1) is 0 Å². The van der Waals surface area contributed by atoms with Crippen molar-refractivity contribution in [2.24, 2.45) is 0 Å². The Kier molecular flexibility index (Phi) is 4.65. The molecule has 1 aromatic rings. The van der Waals surface area contributed by atoms with Gasteiger partial charge in [-0.05, 0) is 25.5 Å². The summed E-state index contributed by atoms with van der Waals surface area (Å²) in [5, 5.41) is 5.20. The number of nitrogens with zero attached hydrogens (tertiary/aromatic N) is 1. The molecule has 1 aromatic carbocycles. The van der Waals surface area contributed by atoms with E-state index in [-0.39, 0.29) is 0 Å². The van der Waals surface area contributed by atoms with Gasteiger partial charge >= 0.3 is 0 Å². The largest absolute Gasteiger partial charge is 0.364 e. The van der Waals surface area contributed by atoms with Crippen LogP contribution in [0.3, 0.4) is 0 Å². The molecule has 0 saturated carbocycles. The normalized spacial score (nSPS) is 24.4. The van der Waals surface area contributed by atoms with Gasteiger partial charge in [-0.25, -0.2) is 0 Å². The zero-order valence-corrected chi connectivity index (χ0v) is 12.8. The second-order valence-electron chi connectivity index (χ2n) is 4.74. The van der Waals surface area contributed by atoms with E-state index in [1.165, 1.54) is 0 Å². The third kappa shape index (κ3) is 2.88. The Labute approximate surface area is 123 Å². The highest BCUT2D eigenvalue weighted by atomic mass is 35.5. The van der Waals surface area contributed by atoms with Crippen molar-refractivity contribution in [2.45, 2.75) is 32.4 Å². The van der Waals surface area contributed by atoms with Gasteiger partial charge in [0.25, 0.3) is 0 Å². The van der Waals surface area contributed by atoms with Crippen LogP contribution in [0.25, 0.3) is 0 Å². The van der Waals surface area contributed by atoms with E-state index in [0.717, 1.165) is 25.2 Å². The Morgan fingerprint density at radius 1 is 1.22 bits per heavy atom. The minimum absolute atomic E-state index is 0.441. The van der Waals surface area contributed by atoms with E-state index in [4.69, 9.17) is 34.8 Å². The zero-order chi connectivity index (χ0) is 13.3. The first kappa shape index (κ1) is 14.3. The van der Waals surface area contributed by atoms with Crippen LogP contribution in [0.1, 0.15) is 20.3 Å². The molecule has 1 aliphatic rings. The lowest BCUT2D eigenvalue weighted by molar-refractivity contribution is 0.402. The van der Waals surface area contributed by atoms with E-state index in [1.807, 2.05) is 6.07 Å². The SMILES string of the molecule is CCC1CNC(C)CN1c1cc(Cl)c(Cl)cc1Cl. The number of hydrogen-bond donors (Lipinski definition) is 1. The smallest absolute Gasteiger partial charge is 0.0655 e. The lowest BCUT2D eigenvalue weighted by Crippen LogP contribution is -2.55. The summed E-state index contributed by atoms with van der Waals surface area (Å²) in [6.07, 6.45) is 1.07. The quantitative estimate of drug-likeness (QED) is 0.823. The Hall–Kier alpha value is -0.150. The molecule has 1 heterocycles. The van der Waals surface area contributed by atoms with Gasteiger partial charge in [0.15, 0.2) is 0 Å². The van der Waals surface area contributed by atoms with Gasteiger partial charge in [0.1, 0.15) is 0 Å². The summed E-state index contributed by atoms with van der Waals surface area (Å²) in [5.74, 6) is 0. The zero-order valence-electron chi connectivity index (χ0n) is 10.5. The second kappa shape index (κ2) is 5.87. The fraction of sp³-hybridized carbons (Fsp3) is 0.538. The maximum absolute atomic E-state index is 6.30. The number of hydrogen-bond acceptors (Lipinski definition) is 2. The van der Waals surface area contributed by atoms with Gasteiger partial charge in [-0.1, -0.05) is 41.7 Å². The summed E-state index contributed by atoms with van der Waals surface area (Å²) < 4.78 is 0. The van der Waals surface area contributed by atoms with Gasteiger partial charge in [0, 0.05) is 25.2 Å². The highest BCUT2D eigenvalue weighted by Crippen LogP contribution is 2.36. The van der Waals surface area contributed by atoms with Crippen molar-refractivity contribution in [3.8, 4) is 0 Å². The summed E-state index contributed by atoms with van der Waals surface area (Å²) in [6.45, 7) is 6.25. The first-order valence-electron chi connectivity index (χ1n) is 6.17. The Morgan fingerprint density at radius 3 is 2.56 bits per heavy atom. The summed E-state index contributed by atoms with van der Waals surface area (Å²) in [6, 6.07) is 4.47. The van der Waals surface area contributed by atoms with Gasteiger partial charge in [-0.3, -0.25) is 0 Å². The minimum Gasteiger partial charge on any atom is -0.364 e. The predicted octanol–water partition coefficient (Wildman–Crippen LogP) is 4.22. The fourth-order valence-electron chi connectivity index (χ4n) is 2.35. The van der Waals surface area contributed by atoms with Gasteiger partial charge < -0.3 is 10.2 Å². The molecule has 18 heavy (non-hydrogen) atoms. The van der Waals surface area contributed by atoms with Gasteiger partial charge in [0.2, 0.25) is 0 Å². The maximum atomic E-state index is 6.30. The van der Waals surface area contributed by atoms with E-state index < -0.39 is 0 Å². The molecule has 1 N–H and O–H groups in total. The summed E-state index contributed by atoms with van der Waals surface area (Å²) >= 11 is 18.4. The van der Waals surface area contributed by atoms with Crippen LogP contribution in [0.2, 0.25) is 15.1 Å². The number of piperazine rings is 1. The topological polar surface area (TPSA) is 15.3 Å². The second-order valence-corrected chi connectivity index (χ2v) is 5.96. The monoisotopic (exact) mass is 306 g/mol. The molecule has 0 aromatic heterocycles. The van der Waals surface area contributed by atoms with Crippen LogP contribution >= 0.6 is 34.8 Å². The van der Waals surface area contributed by atoms with Crippen LogP contribution < -0.4 is 10.2 Å². The molecule has 5 heteroatoms. The number of nitrogens with one attached hydrogen (secondary N) is 1. The van der Waals surface area contributed by atoms with Crippen molar-refractivity contribution in [1.29, 1.82) is 0 Å². The minimum atomic E-state index is 0.441. The molecule has 2 nitrogen and oxygen atoms in total. The first-order valence-corrected chi connectivity index (χ1v) is 7.31. The molecule has 0 spiro atoms.